The third-order valence-corrected chi connectivity index (χ3v) is 3.02. The summed E-state index contributed by atoms with van der Waals surface area (Å²) in [4.78, 5) is 0. The highest BCUT2D eigenvalue weighted by Gasteiger charge is 2.13. The quantitative estimate of drug-likeness (QED) is 0.746. The van der Waals surface area contributed by atoms with Gasteiger partial charge in [-0.25, -0.2) is 0 Å². The topological polar surface area (TPSA) is 39.7 Å². The van der Waals surface area contributed by atoms with E-state index in [1.165, 1.54) is 0 Å². The number of hydrogen-bond donors (Lipinski definition) is 1. The van der Waals surface area contributed by atoms with Gasteiger partial charge in [-0.05, 0) is 19.9 Å². The van der Waals surface area contributed by atoms with Crippen LogP contribution in [0.15, 0.2) is 24.3 Å². The van der Waals surface area contributed by atoms with E-state index in [-0.39, 0.29) is 12.1 Å². The number of methoxy groups -OCH3 is 2. The first-order valence-electron chi connectivity index (χ1n) is 6.69. The smallest absolute Gasteiger partial charge is 0.124 e. The molecule has 1 aromatic carbocycles. The van der Waals surface area contributed by atoms with Crippen LogP contribution in [0.2, 0.25) is 0 Å². The SMILES string of the molecule is CCOc1ccccc1C(C)NCC(COC)OC. The third kappa shape index (κ3) is 5.19. The van der Waals surface area contributed by atoms with Crippen molar-refractivity contribution in [1.29, 1.82) is 0 Å². The molecule has 2 unspecified atom stereocenters. The van der Waals surface area contributed by atoms with Crippen LogP contribution in [0.5, 0.6) is 5.75 Å². The van der Waals surface area contributed by atoms with Crippen molar-refractivity contribution in [1.82, 2.24) is 5.32 Å². The van der Waals surface area contributed by atoms with E-state index in [1.807, 2.05) is 25.1 Å². The average molecular weight is 267 g/mol. The maximum absolute atomic E-state index is 5.64. The van der Waals surface area contributed by atoms with Gasteiger partial charge in [0.15, 0.2) is 0 Å². The molecule has 1 aromatic rings. The van der Waals surface area contributed by atoms with Crippen molar-refractivity contribution in [3.63, 3.8) is 0 Å². The maximum atomic E-state index is 5.64. The van der Waals surface area contributed by atoms with Crippen LogP contribution in [0.4, 0.5) is 0 Å². The lowest BCUT2D eigenvalue weighted by atomic mass is 10.1. The van der Waals surface area contributed by atoms with Crippen LogP contribution >= 0.6 is 0 Å². The number of benzene rings is 1. The second-order valence-electron chi connectivity index (χ2n) is 4.41. The Bertz CT molecular complexity index is 357. The van der Waals surface area contributed by atoms with Gasteiger partial charge in [0.05, 0.1) is 19.3 Å². The van der Waals surface area contributed by atoms with Crippen LogP contribution < -0.4 is 10.1 Å². The van der Waals surface area contributed by atoms with Crippen molar-refractivity contribution in [2.45, 2.75) is 26.0 Å². The number of ether oxygens (including phenoxy) is 3. The molecule has 0 saturated heterocycles. The minimum Gasteiger partial charge on any atom is -0.494 e. The number of nitrogens with one attached hydrogen (secondary N) is 1. The van der Waals surface area contributed by atoms with E-state index >= 15 is 0 Å². The summed E-state index contributed by atoms with van der Waals surface area (Å²) in [5, 5.41) is 3.45. The van der Waals surface area contributed by atoms with Crippen LogP contribution in [0.3, 0.4) is 0 Å². The van der Waals surface area contributed by atoms with Gasteiger partial charge in [-0.1, -0.05) is 18.2 Å². The second kappa shape index (κ2) is 8.91. The highest BCUT2D eigenvalue weighted by Crippen LogP contribution is 2.24. The second-order valence-corrected chi connectivity index (χ2v) is 4.41. The summed E-state index contributed by atoms with van der Waals surface area (Å²) in [6.45, 7) is 6.12. The summed E-state index contributed by atoms with van der Waals surface area (Å²) < 4.78 is 16.1. The minimum atomic E-state index is 0.0618. The summed E-state index contributed by atoms with van der Waals surface area (Å²) in [5.74, 6) is 0.936. The van der Waals surface area contributed by atoms with Crippen LogP contribution in [0, 0.1) is 0 Å². The summed E-state index contributed by atoms with van der Waals surface area (Å²) >= 11 is 0. The summed E-state index contributed by atoms with van der Waals surface area (Å²) in [7, 11) is 3.38. The molecule has 0 radical (unpaired) electrons. The fourth-order valence-corrected chi connectivity index (χ4v) is 1.94. The lowest BCUT2D eigenvalue weighted by molar-refractivity contribution is 0.0276. The third-order valence-electron chi connectivity index (χ3n) is 3.02. The molecule has 0 aromatic heterocycles. The standard InChI is InChI=1S/C15H25NO3/c1-5-19-15-9-7-6-8-14(15)12(2)16-10-13(18-4)11-17-3/h6-9,12-13,16H,5,10-11H2,1-4H3. The van der Waals surface area contributed by atoms with E-state index in [1.54, 1.807) is 14.2 Å². The molecule has 0 amide bonds. The fourth-order valence-electron chi connectivity index (χ4n) is 1.94. The molecule has 0 saturated carbocycles. The van der Waals surface area contributed by atoms with Crippen molar-refractivity contribution < 1.29 is 14.2 Å². The highest BCUT2D eigenvalue weighted by molar-refractivity contribution is 5.35. The Morgan fingerprint density at radius 3 is 2.58 bits per heavy atom. The first-order valence-corrected chi connectivity index (χ1v) is 6.69. The van der Waals surface area contributed by atoms with E-state index < -0.39 is 0 Å². The Morgan fingerprint density at radius 1 is 1.21 bits per heavy atom. The Hall–Kier alpha value is -1.10. The lowest BCUT2D eigenvalue weighted by Crippen LogP contribution is -2.33. The van der Waals surface area contributed by atoms with Gasteiger partial charge in [0.25, 0.3) is 0 Å². The van der Waals surface area contributed by atoms with E-state index in [2.05, 4.69) is 18.3 Å². The molecule has 2 atom stereocenters. The number of hydrogen-bond acceptors (Lipinski definition) is 4. The molecule has 1 N–H and O–H groups in total. The zero-order chi connectivity index (χ0) is 14.1. The average Bonchev–Trinajstić information content (AvgIpc) is 2.44. The minimum absolute atomic E-state index is 0.0618. The van der Waals surface area contributed by atoms with Gasteiger partial charge in [-0.15, -0.1) is 0 Å². The van der Waals surface area contributed by atoms with Gasteiger partial charge in [-0.3, -0.25) is 0 Å². The molecule has 0 fully saturated rings. The summed E-state index contributed by atoms with van der Waals surface area (Å²) in [6, 6.07) is 8.31. The number of rotatable bonds is 9. The van der Waals surface area contributed by atoms with Crippen molar-refractivity contribution >= 4 is 0 Å². The lowest BCUT2D eigenvalue weighted by Gasteiger charge is -2.21. The summed E-state index contributed by atoms with van der Waals surface area (Å²) in [5.41, 5.74) is 1.16. The van der Waals surface area contributed by atoms with Gasteiger partial charge in [0, 0.05) is 32.4 Å². The van der Waals surface area contributed by atoms with Crippen molar-refractivity contribution in [3.05, 3.63) is 29.8 Å². The zero-order valence-electron chi connectivity index (χ0n) is 12.3. The van der Waals surface area contributed by atoms with E-state index in [0.29, 0.717) is 13.2 Å². The fraction of sp³-hybridized carbons (Fsp3) is 0.600. The first kappa shape index (κ1) is 16.0. The highest BCUT2D eigenvalue weighted by atomic mass is 16.5. The van der Waals surface area contributed by atoms with Crippen molar-refractivity contribution in [2.75, 3.05) is 34.0 Å². The molecule has 108 valence electrons. The van der Waals surface area contributed by atoms with Crippen molar-refractivity contribution in [2.24, 2.45) is 0 Å². The molecule has 4 nitrogen and oxygen atoms in total. The largest absolute Gasteiger partial charge is 0.494 e. The van der Waals surface area contributed by atoms with E-state index in [4.69, 9.17) is 14.2 Å². The molecule has 0 heterocycles. The molecule has 19 heavy (non-hydrogen) atoms. The molecule has 0 spiro atoms. The molecular formula is C15H25NO3. The molecular weight excluding hydrogens is 242 g/mol. The van der Waals surface area contributed by atoms with Crippen molar-refractivity contribution in [3.8, 4) is 5.75 Å². The Labute approximate surface area is 116 Å². The monoisotopic (exact) mass is 267 g/mol. The number of para-hydroxylation sites is 1. The van der Waals surface area contributed by atoms with Gasteiger partial charge < -0.3 is 19.5 Å². The predicted molar refractivity (Wildman–Crippen MR) is 76.7 cm³/mol. The van der Waals surface area contributed by atoms with E-state index in [0.717, 1.165) is 17.9 Å². The molecule has 0 aliphatic heterocycles. The first-order chi connectivity index (χ1) is 9.22. The molecule has 0 aliphatic rings. The van der Waals surface area contributed by atoms with Gasteiger partial charge in [-0.2, -0.15) is 0 Å². The molecule has 0 bridgehead atoms. The molecule has 0 aliphatic carbocycles. The summed E-state index contributed by atoms with van der Waals surface area (Å²) in [6.07, 6.45) is 0.0618. The van der Waals surface area contributed by atoms with Gasteiger partial charge >= 0.3 is 0 Å². The van der Waals surface area contributed by atoms with Gasteiger partial charge in [0.2, 0.25) is 0 Å². The van der Waals surface area contributed by atoms with Crippen LogP contribution in [0.1, 0.15) is 25.5 Å². The van der Waals surface area contributed by atoms with Crippen LogP contribution in [-0.2, 0) is 9.47 Å². The Morgan fingerprint density at radius 2 is 1.95 bits per heavy atom. The van der Waals surface area contributed by atoms with Crippen LogP contribution in [0.25, 0.3) is 0 Å². The van der Waals surface area contributed by atoms with Crippen LogP contribution in [-0.4, -0.2) is 40.1 Å². The Kier molecular flexibility index (Phi) is 7.48. The normalized spacial score (nSPS) is 14.1. The zero-order valence-corrected chi connectivity index (χ0v) is 12.3. The maximum Gasteiger partial charge on any atom is 0.124 e. The predicted octanol–water partition coefficient (Wildman–Crippen LogP) is 2.40. The van der Waals surface area contributed by atoms with Gasteiger partial charge in [0.1, 0.15) is 5.75 Å². The molecule has 1 rings (SSSR count). The Balaban J connectivity index is 2.59. The van der Waals surface area contributed by atoms with E-state index in [9.17, 15) is 0 Å². The molecule has 4 heteroatoms.